The van der Waals surface area contributed by atoms with E-state index in [0.717, 1.165) is 12.8 Å². The number of carbonyl (C=O) groups is 1. The van der Waals surface area contributed by atoms with Gasteiger partial charge in [0.05, 0.1) is 12.7 Å². The zero-order valence-corrected chi connectivity index (χ0v) is 13.6. The second-order valence-electron chi connectivity index (χ2n) is 6.73. The smallest absolute Gasteiger partial charge is 0.314 e. The molecule has 5 nitrogen and oxygen atoms in total. The number of amides is 2. The van der Waals surface area contributed by atoms with Crippen molar-refractivity contribution in [1.82, 2.24) is 10.6 Å². The van der Waals surface area contributed by atoms with E-state index in [1.165, 1.54) is 25.7 Å². The topological polar surface area (TPSA) is 70.6 Å². The number of aliphatic hydroxyl groups is 1. The van der Waals surface area contributed by atoms with Crippen LogP contribution in [0.25, 0.3) is 0 Å². The number of urea groups is 1. The SMILES string of the molecule is CC(C)(CCO)CNC(=O)NCCOC1CCCCCC1. The van der Waals surface area contributed by atoms with Gasteiger partial charge >= 0.3 is 6.03 Å². The monoisotopic (exact) mass is 300 g/mol. The lowest BCUT2D eigenvalue weighted by Gasteiger charge is -2.24. The van der Waals surface area contributed by atoms with Gasteiger partial charge in [-0.2, -0.15) is 0 Å². The van der Waals surface area contributed by atoms with Gasteiger partial charge in [-0.1, -0.05) is 39.5 Å². The largest absolute Gasteiger partial charge is 0.396 e. The number of hydrogen-bond donors (Lipinski definition) is 3. The van der Waals surface area contributed by atoms with Crippen molar-refractivity contribution in [1.29, 1.82) is 0 Å². The van der Waals surface area contributed by atoms with Crippen LogP contribution in [0.3, 0.4) is 0 Å². The van der Waals surface area contributed by atoms with Crippen LogP contribution in [-0.2, 0) is 4.74 Å². The molecule has 0 aliphatic heterocycles. The molecule has 0 aromatic carbocycles. The minimum atomic E-state index is -0.162. The Labute approximate surface area is 128 Å². The first-order valence-corrected chi connectivity index (χ1v) is 8.28. The molecule has 0 aromatic rings. The van der Waals surface area contributed by atoms with Crippen LogP contribution in [0.5, 0.6) is 0 Å². The molecule has 0 atom stereocenters. The first kappa shape index (κ1) is 18.2. The van der Waals surface area contributed by atoms with Crippen molar-refractivity contribution in [2.75, 3.05) is 26.3 Å². The van der Waals surface area contributed by atoms with Crippen LogP contribution in [0, 0.1) is 5.41 Å². The highest BCUT2D eigenvalue weighted by Crippen LogP contribution is 2.19. The first-order valence-electron chi connectivity index (χ1n) is 8.28. The highest BCUT2D eigenvalue weighted by molar-refractivity contribution is 5.73. The Morgan fingerprint density at radius 2 is 1.86 bits per heavy atom. The van der Waals surface area contributed by atoms with E-state index in [0.29, 0.717) is 32.2 Å². The molecule has 0 bridgehead atoms. The fourth-order valence-corrected chi connectivity index (χ4v) is 2.57. The molecule has 1 aliphatic carbocycles. The van der Waals surface area contributed by atoms with Crippen LogP contribution in [0.1, 0.15) is 58.8 Å². The summed E-state index contributed by atoms with van der Waals surface area (Å²) in [7, 11) is 0. The summed E-state index contributed by atoms with van der Waals surface area (Å²) in [6.45, 7) is 5.88. The molecule has 0 aromatic heterocycles. The summed E-state index contributed by atoms with van der Waals surface area (Å²) in [5.74, 6) is 0. The van der Waals surface area contributed by atoms with Gasteiger partial charge in [0.2, 0.25) is 0 Å². The van der Waals surface area contributed by atoms with Gasteiger partial charge in [-0.15, -0.1) is 0 Å². The van der Waals surface area contributed by atoms with Gasteiger partial charge in [-0.25, -0.2) is 4.79 Å². The molecule has 0 saturated heterocycles. The molecule has 1 saturated carbocycles. The van der Waals surface area contributed by atoms with E-state index in [2.05, 4.69) is 10.6 Å². The van der Waals surface area contributed by atoms with Gasteiger partial charge in [0.25, 0.3) is 0 Å². The normalized spacial score (nSPS) is 17.3. The van der Waals surface area contributed by atoms with E-state index in [1.807, 2.05) is 13.8 Å². The summed E-state index contributed by atoms with van der Waals surface area (Å²) in [6.07, 6.45) is 8.53. The third-order valence-electron chi connectivity index (χ3n) is 4.06. The van der Waals surface area contributed by atoms with Crippen LogP contribution >= 0.6 is 0 Å². The molecule has 3 N–H and O–H groups in total. The molecule has 21 heavy (non-hydrogen) atoms. The molecule has 0 spiro atoms. The molecule has 5 heteroatoms. The standard InChI is InChI=1S/C16H32N2O3/c1-16(2,9-11-19)13-18-15(20)17-10-12-21-14-7-5-3-4-6-8-14/h14,19H,3-13H2,1-2H3,(H2,17,18,20). The van der Waals surface area contributed by atoms with E-state index in [9.17, 15) is 4.79 Å². The summed E-state index contributed by atoms with van der Waals surface area (Å²) < 4.78 is 5.82. The average Bonchev–Trinajstić information content (AvgIpc) is 2.70. The average molecular weight is 300 g/mol. The first-order chi connectivity index (χ1) is 10.0. The summed E-state index contributed by atoms with van der Waals surface area (Å²) in [6, 6.07) is -0.162. The van der Waals surface area contributed by atoms with Crippen molar-refractivity contribution < 1.29 is 14.6 Å². The van der Waals surface area contributed by atoms with Crippen molar-refractivity contribution in [3.8, 4) is 0 Å². The van der Waals surface area contributed by atoms with Gasteiger partial charge in [0.15, 0.2) is 0 Å². The fraction of sp³-hybridized carbons (Fsp3) is 0.938. The Bertz CT molecular complexity index is 287. The molecule has 1 rings (SSSR count). The summed E-state index contributed by atoms with van der Waals surface area (Å²) in [5.41, 5.74) is -0.0804. The van der Waals surface area contributed by atoms with Crippen molar-refractivity contribution in [3.63, 3.8) is 0 Å². The van der Waals surface area contributed by atoms with Gasteiger partial charge in [0, 0.05) is 19.7 Å². The number of nitrogens with one attached hydrogen (secondary N) is 2. The zero-order valence-electron chi connectivity index (χ0n) is 13.6. The Hall–Kier alpha value is -0.810. The van der Waals surface area contributed by atoms with Gasteiger partial charge in [-0.3, -0.25) is 0 Å². The van der Waals surface area contributed by atoms with Crippen LogP contribution in [0.2, 0.25) is 0 Å². The van der Waals surface area contributed by atoms with Crippen LogP contribution in [0.15, 0.2) is 0 Å². The minimum Gasteiger partial charge on any atom is -0.396 e. The maximum absolute atomic E-state index is 11.7. The fourth-order valence-electron chi connectivity index (χ4n) is 2.57. The summed E-state index contributed by atoms with van der Waals surface area (Å²) >= 11 is 0. The Kier molecular flexibility index (Phi) is 8.69. The summed E-state index contributed by atoms with van der Waals surface area (Å²) in [5, 5.41) is 14.6. The molecular formula is C16H32N2O3. The van der Waals surface area contributed by atoms with E-state index >= 15 is 0 Å². The van der Waals surface area contributed by atoms with Crippen molar-refractivity contribution in [2.24, 2.45) is 5.41 Å². The Morgan fingerprint density at radius 3 is 2.48 bits per heavy atom. The number of ether oxygens (including phenoxy) is 1. The minimum absolute atomic E-state index is 0.0804. The van der Waals surface area contributed by atoms with Crippen molar-refractivity contribution in [3.05, 3.63) is 0 Å². The van der Waals surface area contributed by atoms with Crippen molar-refractivity contribution in [2.45, 2.75) is 64.9 Å². The van der Waals surface area contributed by atoms with E-state index in [-0.39, 0.29) is 18.1 Å². The summed E-state index contributed by atoms with van der Waals surface area (Å²) in [4.78, 5) is 11.7. The van der Waals surface area contributed by atoms with E-state index < -0.39 is 0 Å². The lowest BCUT2D eigenvalue weighted by Crippen LogP contribution is -2.42. The quantitative estimate of drug-likeness (QED) is 0.476. The number of hydrogen-bond acceptors (Lipinski definition) is 3. The molecule has 1 aliphatic rings. The van der Waals surface area contributed by atoms with E-state index in [1.54, 1.807) is 0 Å². The predicted molar refractivity (Wildman–Crippen MR) is 84.3 cm³/mol. The van der Waals surface area contributed by atoms with Crippen LogP contribution in [-0.4, -0.2) is 43.5 Å². The molecule has 1 fully saturated rings. The third kappa shape index (κ3) is 8.94. The Balaban J connectivity index is 2.05. The van der Waals surface area contributed by atoms with Gasteiger partial charge in [-0.05, 0) is 24.7 Å². The van der Waals surface area contributed by atoms with Crippen LogP contribution in [0.4, 0.5) is 4.79 Å². The molecular weight excluding hydrogens is 268 g/mol. The molecule has 0 unspecified atom stereocenters. The second-order valence-corrected chi connectivity index (χ2v) is 6.73. The third-order valence-corrected chi connectivity index (χ3v) is 4.06. The zero-order chi connectivity index (χ0) is 15.6. The highest BCUT2D eigenvalue weighted by atomic mass is 16.5. The predicted octanol–water partition coefficient (Wildman–Crippen LogP) is 2.43. The second kappa shape index (κ2) is 10.0. The molecule has 0 heterocycles. The Morgan fingerprint density at radius 1 is 1.19 bits per heavy atom. The van der Waals surface area contributed by atoms with E-state index in [4.69, 9.17) is 9.84 Å². The molecule has 2 amide bonds. The lowest BCUT2D eigenvalue weighted by atomic mass is 9.90. The van der Waals surface area contributed by atoms with Gasteiger partial charge in [0.1, 0.15) is 0 Å². The molecule has 124 valence electrons. The van der Waals surface area contributed by atoms with Gasteiger partial charge < -0.3 is 20.5 Å². The van der Waals surface area contributed by atoms with Crippen LogP contribution < -0.4 is 10.6 Å². The number of carbonyl (C=O) groups excluding carboxylic acids is 1. The van der Waals surface area contributed by atoms with Crippen molar-refractivity contribution >= 4 is 6.03 Å². The molecule has 0 radical (unpaired) electrons. The highest BCUT2D eigenvalue weighted by Gasteiger charge is 2.18. The number of aliphatic hydroxyl groups excluding tert-OH is 1. The maximum Gasteiger partial charge on any atom is 0.314 e. The maximum atomic E-state index is 11.7. The number of rotatable bonds is 8. The lowest BCUT2D eigenvalue weighted by molar-refractivity contribution is 0.0460.